The number of Topliss-reactive ketones (excluding diaryl/α,β-unsaturated/α-hetero) is 1. The van der Waals surface area contributed by atoms with Gasteiger partial charge in [-0.2, -0.15) is 0 Å². The maximum absolute atomic E-state index is 11.8. The summed E-state index contributed by atoms with van der Waals surface area (Å²) in [6.07, 6.45) is -0.446. The molecule has 5 atom stereocenters. The lowest BCUT2D eigenvalue weighted by Gasteiger charge is -2.36. The van der Waals surface area contributed by atoms with Crippen molar-refractivity contribution in [1.29, 1.82) is 0 Å². The Balaban J connectivity index is 2.81. The molecule has 1 saturated heterocycles. The fraction of sp³-hybridized carbons (Fsp3) is 0.833. The molecular weight excluding hydrogens is 208 g/mol. The van der Waals surface area contributed by atoms with Crippen LogP contribution in [0.3, 0.4) is 0 Å². The largest absolute Gasteiger partial charge is 0.461 e. The molecule has 1 aliphatic heterocycles. The second-order valence-corrected chi connectivity index (χ2v) is 4.65. The minimum Gasteiger partial charge on any atom is -0.461 e. The van der Waals surface area contributed by atoms with E-state index >= 15 is 0 Å². The lowest BCUT2D eigenvalue weighted by atomic mass is 9.80. The minimum absolute atomic E-state index is 0.0867. The highest BCUT2D eigenvalue weighted by molar-refractivity contribution is 6.01. The lowest BCUT2D eigenvalue weighted by Crippen LogP contribution is -2.48. The van der Waals surface area contributed by atoms with Gasteiger partial charge in [0.05, 0.1) is 12.0 Å². The molecule has 0 spiro atoms. The van der Waals surface area contributed by atoms with Gasteiger partial charge < -0.3 is 9.84 Å². The van der Waals surface area contributed by atoms with E-state index in [9.17, 15) is 14.7 Å². The Hall–Kier alpha value is -0.900. The van der Waals surface area contributed by atoms with Crippen molar-refractivity contribution in [2.75, 3.05) is 0 Å². The van der Waals surface area contributed by atoms with Crippen molar-refractivity contribution >= 4 is 11.8 Å². The van der Waals surface area contributed by atoms with Gasteiger partial charge in [-0.3, -0.25) is 9.59 Å². The van der Waals surface area contributed by atoms with Crippen molar-refractivity contribution in [3.8, 4) is 0 Å². The van der Waals surface area contributed by atoms with Gasteiger partial charge in [-0.05, 0) is 13.3 Å². The molecule has 92 valence electrons. The summed E-state index contributed by atoms with van der Waals surface area (Å²) >= 11 is 0. The summed E-state index contributed by atoms with van der Waals surface area (Å²) in [6.45, 7) is 7.00. The predicted octanol–water partition coefficient (Wildman–Crippen LogP) is 1.16. The monoisotopic (exact) mass is 228 g/mol. The zero-order valence-electron chi connectivity index (χ0n) is 10.3. The van der Waals surface area contributed by atoms with Crippen LogP contribution < -0.4 is 0 Å². The van der Waals surface area contributed by atoms with Crippen LogP contribution >= 0.6 is 0 Å². The van der Waals surface area contributed by atoms with Gasteiger partial charge in [-0.25, -0.2) is 0 Å². The summed E-state index contributed by atoms with van der Waals surface area (Å²) in [5.74, 6) is -1.76. The Labute approximate surface area is 96.0 Å². The van der Waals surface area contributed by atoms with Crippen LogP contribution in [0.15, 0.2) is 0 Å². The molecule has 4 heteroatoms. The third-order valence-corrected chi connectivity index (χ3v) is 3.52. The highest BCUT2D eigenvalue weighted by Crippen LogP contribution is 2.29. The molecular formula is C12H20O4. The molecule has 0 saturated carbocycles. The molecule has 1 fully saturated rings. The second-order valence-electron chi connectivity index (χ2n) is 4.65. The molecule has 0 aromatic rings. The first-order chi connectivity index (χ1) is 7.40. The third-order valence-electron chi connectivity index (χ3n) is 3.52. The van der Waals surface area contributed by atoms with Crippen LogP contribution in [0.2, 0.25) is 0 Å². The van der Waals surface area contributed by atoms with Crippen molar-refractivity contribution in [3.63, 3.8) is 0 Å². The Morgan fingerprint density at radius 3 is 2.44 bits per heavy atom. The summed E-state index contributed by atoms with van der Waals surface area (Å²) in [7, 11) is 0. The van der Waals surface area contributed by atoms with E-state index in [1.807, 2.05) is 13.8 Å². The standard InChI is InChI=1S/C12H20O4/c1-5-9(13)6(2)11-7(3)10(14)8(4)12(15)16-11/h6-9,11,13H,5H2,1-4H3/t6-,7-,8+,9+,11+/m0/s1. The molecule has 1 heterocycles. The number of ketones is 1. The molecule has 0 amide bonds. The van der Waals surface area contributed by atoms with E-state index in [1.165, 1.54) is 0 Å². The van der Waals surface area contributed by atoms with Gasteiger partial charge in [0.15, 0.2) is 5.78 Å². The van der Waals surface area contributed by atoms with Crippen LogP contribution in [0.1, 0.15) is 34.1 Å². The van der Waals surface area contributed by atoms with Crippen molar-refractivity contribution in [2.24, 2.45) is 17.8 Å². The van der Waals surface area contributed by atoms with E-state index in [1.54, 1.807) is 13.8 Å². The average Bonchev–Trinajstić information content (AvgIpc) is 2.29. The fourth-order valence-electron chi connectivity index (χ4n) is 2.16. The number of rotatable bonds is 3. The van der Waals surface area contributed by atoms with Gasteiger partial charge in [0.25, 0.3) is 0 Å². The molecule has 0 radical (unpaired) electrons. The number of carbonyl (C=O) groups excluding carboxylic acids is 2. The number of carbonyl (C=O) groups is 2. The van der Waals surface area contributed by atoms with E-state index in [-0.39, 0.29) is 17.6 Å². The van der Waals surface area contributed by atoms with Gasteiger partial charge >= 0.3 is 5.97 Å². The number of esters is 1. The van der Waals surface area contributed by atoms with E-state index in [0.29, 0.717) is 6.42 Å². The van der Waals surface area contributed by atoms with E-state index in [2.05, 4.69) is 0 Å². The predicted molar refractivity (Wildman–Crippen MR) is 58.7 cm³/mol. The average molecular weight is 228 g/mol. The highest BCUT2D eigenvalue weighted by atomic mass is 16.5. The van der Waals surface area contributed by atoms with E-state index in [4.69, 9.17) is 4.74 Å². The molecule has 4 nitrogen and oxygen atoms in total. The molecule has 0 aliphatic carbocycles. The summed E-state index contributed by atoms with van der Waals surface area (Å²) < 4.78 is 5.25. The zero-order valence-corrected chi connectivity index (χ0v) is 10.3. The summed E-state index contributed by atoms with van der Waals surface area (Å²) in [5.41, 5.74) is 0. The molecule has 1 N–H and O–H groups in total. The van der Waals surface area contributed by atoms with Crippen LogP contribution in [0, 0.1) is 17.8 Å². The van der Waals surface area contributed by atoms with Crippen LogP contribution in [-0.4, -0.2) is 29.1 Å². The zero-order chi connectivity index (χ0) is 12.5. The van der Waals surface area contributed by atoms with Gasteiger partial charge in [0.1, 0.15) is 12.0 Å². The third kappa shape index (κ3) is 2.26. The SMILES string of the molecule is CC[C@@H](O)[C@H](C)[C@H]1OC(=O)[C@H](C)C(=O)[C@@H]1C. The van der Waals surface area contributed by atoms with E-state index in [0.717, 1.165) is 0 Å². The van der Waals surface area contributed by atoms with Crippen molar-refractivity contribution in [3.05, 3.63) is 0 Å². The van der Waals surface area contributed by atoms with Crippen LogP contribution in [0.4, 0.5) is 0 Å². The second kappa shape index (κ2) is 4.95. The Morgan fingerprint density at radius 2 is 1.94 bits per heavy atom. The van der Waals surface area contributed by atoms with Crippen LogP contribution in [0.5, 0.6) is 0 Å². The highest BCUT2D eigenvalue weighted by Gasteiger charge is 2.43. The molecule has 0 unspecified atom stereocenters. The first-order valence-electron chi connectivity index (χ1n) is 5.82. The Kier molecular flexibility index (Phi) is 4.08. The normalized spacial score (nSPS) is 34.4. The summed E-state index contributed by atoms with van der Waals surface area (Å²) in [5, 5.41) is 9.73. The first-order valence-corrected chi connectivity index (χ1v) is 5.82. The molecule has 16 heavy (non-hydrogen) atoms. The molecule has 1 rings (SSSR count). The summed E-state index contributed by atoms with van der Waals surface area (Å²) in [4.78, 5) is 23.2. The smallest absolute Gasteiger partial charge is 0.316 e. The number of cyclic esters (lactones) is 1. The minimum atomic E-state index is -0.669. The number of ether oxygens (including phenoxy) is 1. The van der Waals surface area contributed by atoms with Crippen LogP contribution in [0.25, 0.3) is 0 Å². The topological polar surface area (TPSA) is 63.6 Å². The van der Waals surface area contributed by atoms with Gasteiger partial charge in [-0.15, -0.1) is 0 Å². The van der Waals surface area contributed by atoms with Crippen LogP contribution in [-0.2, 0) is 14.3 Å². The first kappa shape index (κ1) is 13.2. The maximum atomic E-state index is 11.8. The lowest BCUT2D eigenvalue weighted by molar-refractivity contribution is -0.175. The number of hydrogen-bond donors (Lipinski definition) is 1. The van der Waals surface area contributed by atoms with Crippen molar-refractivity contribution in [1.82, 2.24) is 0 Å². The van der Waals surface area contributed by atoms with Gasteiger partial charge in [-0.1, -0.05) is 20.8 Å². The number of hydrogen-bond acceptors (Lipinski definition) is 4. The molecule has 0 aromatic heterocycles. The van der Waals surface area contributed by atoms with Crippen molar-refractivity contribution in [2.45, 2.75) is 46.3 Å². The summed E-state index contributed by atoms with van der Waals surface area (Å²) in [6, 6.07) is 0. The number of aliphatic hydroxyl groups excluding tert-OH is 1. The quantitative estimate of drug-likeness (QED) is 0.581. The molecule has 1 aliphatic rings. The number of aliphatic hydroxyl groups is 1. The maximum Gasteiger partial charge on any atom is 0.316 e. The Bertz CT molecular complexity index is 287. The van der Waals surface area contributed by atoms with E-state index < -0.39 is 24.1 Å². The van der Waals surface area contributed by atoms with Gasteiger partial charge in [0.2, 0.25) is 0 Å². The molecule has 0 bridgehead atoms. The fourth-order valence-corrected chi connectivity index (χ4v) is 2.16. The van der Waals surface area contributed by atoms with Crippen molar-refractivity contribution < 1.29 is 19.4 Å². The molecule has 0 aromatic carbocycles. The Morgan fingerprint density at radius 1 is 1.38 bits per heavy atom. The van der Waals surface area contributed by atoms with Gasteiger partial charge in [0, 0.05) is 5.92 Å².